The Bertz CT molecular complexity index is 414. The lowest BCUT2D eigenvalue weighted by atomic mass is 9.90. The number of carbonyl (C=O) groups excluding carboxylic acids is 3. The van der Waals surface area contributed by atoms with Crippen LogP contribution < -0.4 is 5.32 Å². The number of rotatable bonds is 5. The minimum absolute atomic E-state index is 0.298. The van der Waals surface area contributed by atoms with Crippen LogP contribution in [0.15, 0.2) is 0 Å². The Morgan fingerprint density at radius 2 is 1.95 bits per heavy atom. The molecule has 1 amide bonds. The van der Waals surface area contributed by atoms with Gasteiger partial charge < -0.3 is 14.8 Å². The maximum atomic E-state index is 12.1. The van der Waals surface area contributed by atoms with E-state index in [1.54, 1.807) is 13.8 Å². The van der Waals surface area contributed by atoms with E-state index in [9.17, 15) is 14.4 Å². The van der Waals surface area contributed by atoms with Gasteiger partial charge in [-0.2, -0.15) is 0 Å². The summed E-state index contributed by atoms with van der Waals surface area (Å²) in [5.41, 5.74) is -1.98. The van der Waals surface area contributed by atoms with E-state index in [2.05, 4.69) is 5.32 Å². The summed E-state index contributed by atoms with van der Waals surface area (Å²) in [7, 11) is 0. The van der Waals surface area contributed by atoms with Gasteiger partial charge in [-0.3, -0.25) is 9.59 Å². The molecule has 0 aromatic rings. The molecule has 6 heteroatoms. The highest BCUT2D eigenvalue weighted by molar-refractivity contribution is 5.91. The summed E-state index contributed by atoms with van der Waals surface area (Å²) >= 11 is 0. The van der Waals surface area contributed by atoms with Gasteiger partial charge in [0.2, 0.25) is 0 Å². The highest BCUT2D eigenvalue weighted by atomic mass is 16.6. The lowest BCUT2D eigenvalue weighted by Crippen LogP contribution is -2.51. The van der Waals surface area contributed by atoms with Crippen molar-refractivity contribution in [2.24, 2.45) is 5.41 Å². The average Bonchev–Trinajstić information content (AvgIpc) is 2.74. The first-order valence-electron chi connectivity index (χ1n) is 6.81. The lowest BCUT2D eigenvalue weighted by Gasteiger charge is -2.29. The minimum Gasteiger partial charge on any atom is -0.464 e. The molecule has 114 valence electrons. The van der Waals surface area contributed by atoms with Gasteiger partial charge in [-0.25, -0.2) is 4.79 Å². The zero-order chi connectivity index (χ0) is 15.6. The van der Waals surface area contributed by atoms with Crippen molar-refractivity contribution in [3.63, 3.8) is 0 Å². The third kappa shape index (κ3) is 3.71. The summed E-state index contributed by atoms with van der Waals surface area (Å²) in [6.07, 6.45) is 1.05. The molecule has 0 spiro atoms. The quantitative estimate of drug-likeness (QED) is 0.767. The second kappa shape index (κ2) is 5.81. The van der Waals surface area contributed by atoms with Crippen LogP contribution in [0.2, 0.25) is 0 Å². The van der Waals surface area contributed by atoms with Gasteiger partial charge in [0.1, 0.15) is 6.04 Å². The van der Waals surface area contributed by atoms with Gasteiger partial charge >= 0.3 is 11.9 Å². The second-order valence-electron chi connectivity index (χ2n) is 6.12. The third-order valence-electron chi connectivity index (χ3n) is 3.57. The van der Waals surface area contributed by atoms with E-state index < -0.39 is 34.9 Å². The minimum atomic E-state index is -1.33. The van der Waals surface area contributed by atoms with Gasteiger partial charge in [-0.15, -0.1) is 0 Å². The Balaban J connectivity index is 2.65. The molecule has 0 aliphatic carbocycles. The summed E-state index contributed by atoms with van der Waals surface area (Å²) in [6, 6.07) is -0.653. The molecule has 1 N–H and O–H groups in total. The number of hydrogen-bond acceptors (Lipinski definition) is 5. The first-order valence-corrected chi connectivity index (χ1v) is 6.81. The molecule has 6 nitrogen and oxygen atoms in total. The Morgan fingerprint density at radius 3 is 2.40 bits per heavy atom. The summed E-state index contributed by atoms with van der Waals surface area (Å²) in [5, 5.41) is 2.55. The zero-order valence-electron chi connectivity index (χ0n) is 12.7. The maximum Gasteiger partial charge on any atom is 0.328 e. The molecule has 0 saturated carbocycles. The predicted molar refractivity (Wildman–Crippen MR) is 71.7 cm³/mol. The van der Waals surface area contributed by atoms with Crippen LogP contribution in [0, 0.1) is 5.41 Å². The molecule has 1 unspecified atom stereocenters. The van der Waals surface area contributed by atoms with Crippen molar-refractivity contribution >= 4 is 17.8 Å². The van der Waals surface area contributed by atoms with Gasteiger partial charge in [0.25, 0.3) is 5.91 Å². The van der Waals surface area contributed by atoms with Crippen LogP contribution in [0.4, 0.5) is 0 Å². The number of carbonyl (C=O) groups is 3. The fraction of sp³-hybridized carbons (Fsp3) is 0.786. The highest BCUT2D eigenvalue weighted by Crippen LogP contribution is 2.25. The average molecular weight is 285 g/mol. The molecule has 1 rings (SSSR count). The van der Waals surface area contributed by atoms with Crippen LogP contribution in [0.1, 0.15) is 47.5 Å². The van der Waals surface area contributed by atoms with Crippen molar-refractivity contribution in [2.45, 2.75) is 59.1 Å². The van der Waals surface area contributed by atoms with Crippen molar-refractivity contribution in [2.75, 3.05) is 6.61 Å². The van der Waals surface area contributed by atoms with Crippen LogP contribution in [-0.2, 0) is 23.9 Å². The molecule has 1 fully saturated rings. The van der Waals surface area contributed by atoms with E-state index in [1.165, 1.54) is 13.8 Å². The van der Waals surface area contributed by atoms with Crippen LogP contribution in [0.3, 0.4) is 0 Å². The van der Waals surface area contributed by atoms with E-state index in [-0.39, 0.29) is 0 Å². The van der Waals surface area contributed by atoms with Crippen molar-refractivity contribution in [1.82, 2.24) is 5.32 Å². The molecule has 1 aliphatic rings. The Labute approximate surface area is 119 Å². The molecule has 0 radical (unpaired) electrons. The Morgan fingerprint density at radius 1 is 1.35 bits per heavy atom. The molecule has 20 heavy (non-hydrogen) atoms. The number of ether oxygens (including phenoxy) is 2. The van der Waals surface area contributed by atoms with Crippen molar-refractivity contribution in [3.8, 4) is 0 Å². The van der Waals surface area contributed by atoms with Crippen molar-refractivity contribution < 1.29 is 23.9 Å². The van der Waals surface area contributed by atoms with Crippen LogP contribution in [0.25, 0.3) is 0 Å². The highest BCUT2D eigenvalue weighted by Gasteiger charge is 2.39. The van der Waals surface area contributed by atoms with Gasteiger partial charge in [0.15, 0.2) is 5.60 Å². The van der Waals surface area contributed by atoms with E-state index >= 15 is 0 Å². The summed E-state index contributed by atoms with van der Waals surface area (Å²) in [5.74, 6) is -1.38. The second-order valence-corrected chi connectivity index (χ2v) is 6.12. The standard InChI is InChI=1S/C14H23NO5/c1-6-13(2,3)12(18)20-14(4,5)11(17)15-9-7-8-19-10(9)16/h9H,6-8H2,1-5H3,(H,15,17). The number of amides is 1. The van der Waals surface area contributed by atoms with Crippen molar-refractivity contribution in [3.05, 3.63) is 0 Å². The predicted octanol–water partition coefficient (Wildman–Crippen LogP) is 1.18. The number of hydrogen-bond donors (Lipinski definition) is 1. The van der Waals surface area contributed by atoms with E-state index in [0.717, 1.165) is 0 Å². The van der Waals surface area contributed by atoms with E-state index in [0.29, 0.717) is 19.4 Å². The molecule has 0 aromatic carbocycles. The summed E-state index contributed by atoms with van der Waals surface area (Å²) in [6.45, 7) is 8.71. The SMILES string of the molecule is CCC(C)(C)C(=O)OC(C)(C)C(=O)NC1CCOC1=O. The fourth-order valence-electron chi connectivity index (χ4n) is 1.52. The topological polar surface area (TPSA) is 81.7 Å². The molecule has 1 atom stereocenters. The van der Waals surface area contributed by atoms with E-state index in [1.807, 2.05) is 6.92 Å². The normalized spacial score (nSPS) is 19.4. The molecule has 1 aliphatic heterocycles. The molecule has 0 aromatic heterocycles. The van der Waals surface area contributed by atoms with Crippen LogP contribution >= 0.6 is 0 Å². The van der Waals surface area contributed by atoms with Crippen LogP contribution in [-0.4, -0.2) is 36.1 Å². The summed E-state index contributed by atoms with van der Waals surface area (Å²) in [4.78, 5) is 35.5. The van der Waals surface area contributed by atoms with Gasteiger partial charge in [-0.05, 0) is 34.1 Å². The smallest absolute Gasteiger partial charge is 0.328 e. The number of cyclic esters (lactones) is 1. The maximum absolute atomic E-state index is 12.1. The number of nitrogens with one attached hydrogen (secondary N) is 1. The largest absolute Gasteiger partial charge is 0.464 e. The molecular weight excluding hydrogens is 262 g/mol. The Hall–Kier alpha value is -1.59. The summed E-state index contributed by atoms with van der Waals surface area (Å²) < 4.78 is 10.1. The first kappa shape index (κ1) is 16.5. The molecular formula is C14H23NO5. The first-order chi connectivity index (χ1) is 9.10. The van der Waals surface area contributed by atoms with Crippen molar-refractivity contribution in [1.29, 1.82) is 0 Å². The fourth-order valence-corrected chi connectivity index (χ4v) is 1.52. The molecule has 0 bridgehead atoms. The van der Waals surface area contributed by atoms with Gasteiger partial charge in [0.05, 0.1) is 12.0 Å². The Kier molecular flexibility index (Phi) is 4.78. The zero-order valence-corrected chi connectivity index (χ0v) is 12.7. The molecule has 1 heterocycles. The lowest BCUT2D eigenvalue weighted by molar-refractivity contribution is -0.173. The number of esters is 2. The van der Waals surface area contributed by atoms with E-state index in [4.69, 9.17) is 9.47 Å². The third-order valence-corrected chi connectivity index (χ3v) is 3.57. The monoisotopic (exact) mass is 285 g/mol. The van der Waals surface area contributed by atoms with Gasteiger partial charge in [0, 0.05) is 6.42 Å². The molecule has 1 saturated heterocycles. The van der Waals surface area contributed by atoms with Gasteiger partial charge in [-0.1, -0.05) is 6.92 Å². The van der Waals surface area contributed by atoms with Crippen LogP contribution in [0.5, 0.6) is 0 Å².